The normalized spacial score (nSPS) is 17.4. The van der Waals surface area contributed by atoms with Crippen molar-refractivity contribution in [3.05, 3.63) is 59.9 Å². The number of carbonyl (C=O) groups is 1. The predicted octanol–water partition coefficient (Wildman–Crippen LogP) is 2.48. The molecule has 2 aromatic carbocycles. The summed E-state index contributed by atoms with van der Waals surface area (Å²) in [5.74, 6) is -0.0148. The third-order valence-electron chi connectivity index (χ3n) is 5.41. The van der Waals surface area contributed by atoms with E-state index in [4.69, 9.17) is 0 Å². The van der Waals surface area contributed by atoms with E-state index in [1.165, 1.54) is 24.3 Å². The van der Waals surface area contributed by atoms with Crippen molar-refractivity contribution in [3.63, 3.8) is 0 Å². The molecule has 0 radical (unpaired) electrons. The van der Waals surface area contributed by atoms with Gasteiger partial charge >= 0.3 is 0 Å². The van der Waals surface area contributed by atoms with Crippen LogP contribution in [0.5, 0.6) is 0 Å². The molecule has 2 aromatic rings. The lowest BCUT2D eigenvalue weighted by molar-refractivity contribution is 0.0746. The molecule has 1 aliphatic carbocycles. The summed E-state index contributed by atoms with van der Waals surface area (Å²) in [7, 11) is -3.61. The van der Waals surface area contributed by atoms with Gasteiger partial charge in [-0.15, -0.1) is 0 Å². The number of carbonyl (C=O) groups excluding carboxylic acids is 1. The van der Waals surface area contributed by atoms with Crippen LogP contribution in [0.2, 0.25) is 0 Å². The number of nitrogens with one attached hydrogen (secondary N) is 1. The summed E-state index contributed by atoms with van der Waals surface area (Å²) < 4.78 is 40.7. The minimum Gasteiger partial charge on any atom is -0.368 e. The van der Waals surface area contributed by atoms with Crippen LogP contribution >= 0.6 is 0 Å². The van der Waals surface area contributed by atoms with Crippen LogP contribution in [0.25, 0.3) is 0 Å². The quantitative estimate of drug-likeness (QED) is 0.784. The van der Waals surface area contributed by atoms with E-state index in [0.29, 0.717) is 44.2 Å². The van der Waals surface area contributed by atoms with Gasteiger partial charge in [0.15, 0.2) is 0 Å². The summed E-state index contributed by atoms with van der Waals surface area (Å²) in [6, 6.07) is 12.5. The van der Waals surface area contributed by atoms with E-state index >= 15 is 0 Å². The molecule has 1 saturated carbocycles. The largest absolute Gasteiger partial charge is 0.368 e. The van der Waals surface area contributed by atoms with Crippen molar-refractivity contribution in [1.82, 2.24) is 9.62 Å². The van der Waals surface area contributed by atoms with Crippen LogP contribution in [0.1, 0.15) is 23.2 Å². The van der Waals surface area contributed by atoms with Crippen molar-refractivity contribution < 1.29 is 17.6 Å². The van der Waals surface area contributed by atoms with Crippen LogP contribution in [0.4, 0.5) is 10.1 Å². The lowest BCUT2D eigenvalue weighted by Gasteiger charge is -2.36. The summed E-state index contributed by atoms with van der Waals surface area (Å²) in [5.41, 5.74) is 1.29. The second kappa shape index (κ2) is 8.12. The molecule has 29 heavy (non-hydrogen) atoms. The highest BCUT2D eigenvalue weighted by Gasteiger charge is 2.26. The van der Waals surface area contributed by atoms with Crippen LogP contribution in [-0.4, -0.2) is 51.9 Å². The number of nitrogens with zero attached hydrogens (tertiary/aromatic N) is 2. The number of hydrogen-bond acceptors (Lipinski definition) is 4. The fraction of sp³-hybridized carbons (Fsp3) is 0.381. The lowest BCUT2D eigenvalue weighted by atomic mass is 10.1. The van der Waals surface area contributed by atoms with Crippen LogP contribution in [-0.2, 0) is 10.0 Å². The van der Waals surface area contributed by atoms with Crippen LogP contribution in [0.15, 0.2) is 53.4 Å². The summed E-state index contributed by atoms with van der Waals surface area (Å²) in [5, 5.41) is 0. The monoisotopic (exact) mass is 417 g/mol. The average molecular weight is 418 g/mol. The van der Waals surface area contributed by atoms with Crippen molar-refractivity contribution in [2.75, 3.05) is 37.6 Å². The first-order valence-corrected chi connectivity index (χ1v) is 11.3. The summed E-state index contributed by atoms with van der Waals surface area (Å²) in [6.07, 6.45) is 2.12. The standard InChI is InChI=1S/C21H24FN3O3S/c22-18-6-8-19(9-7-18)24-10-12-25(13-11-24)21(26)17-2-1-3-20(14-17)29(27,28)23-15-16-4-5-16/h1-3,6-9,14,16,23H,4-5,10-13,15H2. The third-order valence-corrected chi connectivity index (χ3v) is 6.83. The molecule has 1 amide bonds. The van der Waals surface area contributed by atoms with Gasteiger partial charge in [-0.3, -0.25) is 4.79 Å². The lowest BCUT2D eigenvalue weighted by Crippen LogP contribution is -2.48. The fourth-order valence-corrected chi connectivity index (χ4v) is 4.59. The van der Waals surface area contributed by atoms with E-state index < -0.39 is 10.0 Å². The van der Waals surface area contributed by atoms with Gasteiger partial charge < -0.3 is 9.80 Å². The molecule has 0 unspecified atom stereocenters. The Labute approximate surface area is 170 Å². The fourth-order valence-electron chi connectivity index (χ4n) is 3.43. The topological polar surface area (TPSA) is 69.7 Å². The number of piperazine rings is 1. The second-order valence-electron chi connectivity index (χ2n) is 7.58. The maximum Gasteiger partial charge on any atom is 0.254 e. The molecule has 0 bridgehead atoms. The maximum atomic E-state index is 13.1. The Morgan fingerprint density at radius 2 is 1.72 bits per heavy atom. The molecule has 0 atom stereocenters. The first-order chi connectivity index (χ1) is 13.9. The summed E-state index contributed by atoms with van der Waals surface area (Å²) in [6.45, 7) is 2.77. The number of sulfonamides is 1. The van der Waals surface area contributed by atoms with Gasteiger partial charge in [0.1, 0.15) is 5.82 Å². The molecular formula is C21H24FN3O3S. The van der Waals surface area contributed by atoms with Crippen LogP contribution in [0, 0.1) is 11.7 Å². The Bertz CT molecular complexity index is 982. The van der Waals surface area contributed by atoms with Gasteiger partial charge in [-0.2, -0.15) is 0 Å². The van der Waals surface area contributed by atoms with Crippen molar-refractivity contribution >= 4 is 21.6 Å². The molecule has 2 aliphatic rings. The van der Waals surface area contributed by atoms with E-state index in [1.54, 1.807) is 29.2 Å². The Morgan fingerprint density at radius 1 is 1.03 bits per heavy atom. The highest BCUT2D eigenvalue weighted by molar-refractivity contribution is 7.89. The highest BCUT2D eigenvalue weighted by Crippen LogP contribution is 2.28. The molecule has 1 heterocycles. The predicted molar refractivity (Wildman–Crippen MR) is 109 cm³/mol. The van der Waals surface area contributed by atoms with Gasteiger partial charge in [0, 0.05) is 44.0 Å². The van der Waals surface area contributed by atoms with E-state index in [2.05, 4.69) is 9.62 Å². The second-order valence-corrected chi connectivity index (χ2v) is 9.35. The molecule has 154 valence electrons. The van der Waals surface area contributed by atoms with E-state index in [9.17, 15) is 17.6 Å². The number of benzene rings is 2. The van der Waals surface area contributed by atoms with Gasteiger partial charge in [-0.05, 0) is 61.2 Å². The molecule has 1 aliphatic heterocycles. The minimum atomic E-state index is -3.61. The van der Waals surface area contributed by atoms with Crippen molar-refractivity contribution in [2.24, 2.45) is 5.92 Å². The summed E-state index contributed by atoms with van der Waals surface area (Å²) >= 11 is 0. The number of anilines is 1. The Kier molecular flexibility index (Phi) is 5.56. The molecule has 4 rings (SSSR count). The zero-order valence-electron chi connectivity index (χ0n) is 16.1. The Hall–Kier alpha value is -2.45. The Balaban J connectivity index is 1.40. The van der Waals surface area contributed by atoms with Crippen molar-refractivity contribution in [3.8, 4) is 0 Å². The average Bonchev–Trinajstić information content (AvgIpc) is 3.57. The zero-order chi connectivity index (χ0) is 20.4. The SMILES string of the molecule is O=C(c1cccc(S(=O)(=O)NCC2CC2)c1)N1CCN(c2ccc(F)cc2)CC1. The molecule has 6 nitrogen and oxygen atoms in total. The number of hydrogen-bond donors (Lipinski definition) is 1. The zero-order valence-corrected chi connectivity index (χ0v) is 16.9. The van der Waals surface area contributed by atoms with Crippen molar-refractivity contribution in [1.29, 1.82) is 0 Å². The van der Waals surface area contributed by atoms with Gasteiger partial charge in [-0.25, -0.2) is 17.5 Å². The van der Waals surface area contributed by atoms with E-state index in [-0.39, 0.29) is 16.6 Å². The summed E-state index contributed by atoms with van der Waals surface area (Å²) in [4.78, 5) is 16.8. The molecular weight excluding hydrogens is 393 g/mol. The van der Waals surface area contributed by atoms with Gasteiger partial charge in [-0.1, -0.05) is 6.07 Å². The third kappa shape index (κ3) is 4.76. The molecule has 1 N–H and O–H groups in total. The van der Waals surface area contributed by atoms with Crippen molar-refractivity contribution in [2.45, 2.75) is 17.7 Å². The molecule has 0 aromatic heterocycles. The van der Waals surface area contributed by atoms with E-state index in [0.717, 1.165) is 18.5 Å². The first kappa shape index (κ1) is 19.8. The maximum absolute atomic E-state index is 13.1. The number of halogens is 1. The van der Waals surface area contributed by atoms with Gasteiger partial charge in [0.25, 0.3) is 5.91 Å². The molecule has 2 fully saturated rings. The highest BCUT2D eigenvalue weighted by atomic mass is 32.2. The van der Waals surface area contributed by atoms with Gasteiger partial charge in [0.05, 0.1) is 4.90 Å². The first-order valence-electron chi connectivity index (χ1n) is 9.82. The number of rotatable bonds is 6. The smallest absolute Gasteiger partial charge is 0.254 e. The van der Waals surface area contributed by atoms with Crippen LogP contribution < -0.4 is 9.62 Å². The number of amides is 1. The molecule has 0 spiro atoms. The minimum absolute atomic E-state index is 0.119. The van der Waals surface area contributed by atoms with E-state index in [1.807, 2.05) is 0 Å². The Morgan fingerprint density at radius 3 is 2.38 bits per heavy atom. The molecule has 1 saturated heterocycles. The van der Waals surface area contributed by atoms with Gasteiger partial charge in [0.2, 0.25) is 10.0 Å². The molecule has 8 heteroatoms. The van der Waals surface area contributed by atoms with Crippen LogP contribution in [0.3, 0.4) is 0 Å².